The molecular formula is C14H16F2O4. The maximum atomic E-state index is 14.4. The van der Waals surface area contributed by atoms with Crippen LogP contribution in [-0.2, 0) is 10.2 Å². The van der Waals surface area contributed by atoms with Crippen LogP contribution < -0.4 is 9.47 Å². The molecule has 0 aliphatic heterocycles. The Hall–Kier alpha value is -1.85. The molecule has 0 spiro atoms. The summed E-state index contributed by atoms with van der Waals surface area (Å²) in [5.74, 6) is -3.58. The minimum Gasteiger partial charge on any atom is -0.494 e. The molecule has 0 atom stereocenters. The molecule has 0 bridgehead atoms. The number of hydrogen-bond donors (Lipinski definition) is 1. The Balaban J connectivity index is 2.74. The van der Waals surface area contributed by atoms with Crippen LogP contribution in [-0.4, -0.2) is 25.3 Å². The van der Waals surface area contributed by atoms with Gasteiger partial charge >= 0.3 is 5.97 Å². The van der Waals surface area contributed by atoms with E-state index in [1.165, 1.54) is 14.2 Å². The summed E-state index contributed by atoms with van der Waals surface area (Å²) in [6.45, 7) is 0. The summed E-state index contributed by atoms with van der Waals surface area (Å²) in [6.07, 6.45) is 1.63. The summed E-state index contributed by atoms with van der Waals surface area (Å²) < 4.78 is 38.6. The molecular weight excluding hydrogens is 270 g/mol. The van der Waals surface area contributed by atoms with Gasteiger partial charge in [0, 0.05) is 11.6 Å². The first kappa shape index (κ1) is 14.6. The number of ether oxygens (including phenoxy) is 2. The molecule has 0 radical (unpaired) electrons. The molecule has 1 aromatic rings. The van der Waals surface area contributed by atoms with E-state index in [2.05, 4.69) is 0 Å². The van der Waals surface area contributed by atoms with Gasteiger partial charge in [0.25, 0.3) is 0 Å². The van der Waals surface area contributed by atoms with Gasteiger partial charge in [-0.1, -0.05) is 12.8 Å². The molecule has 0 aromatic heterocycles. The quantitative estimate of drug-likeness (QED) is 0.924. The first-order valence-corrected chi connectivity index (χ1v) is 6.31. The summed E-state index contributed by atoms with van der Waals surface area (Å²) in [7, 11) is 2.48. The fraction of sp³-hybridized carbons (Fsp3) is 0.500. The van der Waals surface area contributed by atoms with Crippen molar-refractivity contribution in [1.82, 2.24) is 0 Å². The van der Waals surface area contributed by atoms with E-state index in [0.717, 1.165) is 6.07 Å². The fourth-order valence-electron chi connectivity index (χ4n) is 2.86. The zero-order valence-corrected chi connectivity index (χ0v) is 11.3. The first-order chi connectivity index (χ1) is 9.47. The summed E-state index contributed by atoms with van der Waals surface area (Å²) in [5.41, 5.74) is -2.01. The molecule has 1 fully saturated rings. The van der Waals surface area contributed by atoms with E-state index in [0.29, 0.717) is 12.8 Å². The van der Waals surface area contributed by atoms with E-state index >= 15 is 0 Å². The highest BCUT2D eigenvalue weighted by Gasteiger charge is 2.48. The zero-order valence-electron chi connectivity index (χ0n) is 11.3. The van der Waals surface area contributed by atoms with Crippen LogP contribution in [0.4, 0.5) is 8.78 Å². The number of aliphatic carboxylic acids is 1. The van der Waals surface area contributed by atoms with Crippen molar-refractivity contribution in [2.24, 2.45) is 0 Å². The fourth-order valence-corrected chi connectivity index (χ4v) is 2.86. The normalized spacial score (nSPS) is 17.0. The van der Waals surface area contributed by atoms with E-state index in [1.54, 1.807) is 0 Å². The molecule has 0 heterocycles. The SMILES string of the molecule is COc1cc(OC)c(F)c(C2(C(=O)O)CCCC2)c1F. The van der Waals surface area contributed by atoms with Gasteiger partial charge < -0.3 is 14.6 Å². The third kappa shape index (κ3) is 1.99. The summed E-state index contributed by atoms with van der Waals surface area (Å²) in [6, 6.07) is 1.08. The number of methoxy groups -OCH3 is 2. The van der Waals surface area contributed by atoms with Gasteiger partial charge in [-0.3, -0.25) is 4.79 Å². The van der Waals surface area contributed by atoms with E-state index < -0.39 is 28.6 Å². The van der Waals surface area contributed by atoms with Crippen LogP contribution in [0.3, 0.4) is 0 Å². The van der Waals surface area contributed by atoms with E-state index in [1.807, 2.05) is 0 Å². The standard InChI is InChI=1S/C14H16F2O4/c1-19-8-7-9(20-2)12(16)10(11(8)15)14(13(17)18)5-3-4-6-14/h7H,3-6H2,1-2H3,(H,17,18). The van der Waals surface area contributed by atoms with Crippen LogP contribution in [0, 0.1) is 11.6 Å². The Morgan fingerprint density at radius 3 is 1.95 bits per heavy atom. The number of hydrogen-bond acceptors (Lipinski definition) is 3. The lowest BCUT2D eigenvalue weighted by atomic mass is 9.78. The van der Waals surface area contributed by atoms with Gasteiger partial charge in [0.15, 0.2) is 23.1 Å². The molecule has 1 N–H and O–H groups in total. The lowest BCUT2D eigenvalue weighted by Gasteiger charge is -2.26. The van der Waals surface area contributed by atoms with Crippen molar-refractivity contribution < 1.29 is 28.2 Å². The molecule has 6 heteroatoms. The number of benzene rings is 1. The lowest BCUT2D eigenvalue weighted by Crippen LogP contribution is -2.35. The van der Waals surface area contributed by atoms with Gasteiger partial charge in [0.1, 0.15) is 0 Å². The predicted octanol–water partition coefficient (Wildman–Crippen LogP) is 2.88. The van der Waals surface area contributed by atoms with Gasteiger partial charge in [0.2, 0.25) is 0 Å². The van der Waals surface area contributed by atoms with Crippen LogP contribution in [0.5, 0.6) is 11.5 Å². The number of halogens is 2. The average Bonchev–Trinajstić information content (AvgIpc) is 2.90. The van der Waals surface area contributed by atoms with E-state index in [4.69, 9.17) is 9.47 Å². The average molecular weight is 286 g/mol. The van der Waals surface area contributed by atoms with Gasteiger partial charge in [-0.05, 0) is 12.8 Å². The molecule has 4 nitrogen and oxygen atoms in total. The van der Waals surface area contributed by atoms with Gasteiger partial charge in [0.05, 0.1) is 19.6 Å². The Morgan fingerprint density at radius 1 is 1.15 bits per heavy atom. The van der Waals surface area contributed by atoms with Crippen molar-refractivity contribution in [3.05, 3.63) is 23.3 Å². The van der Waals surface area contributed by atoms with Crippen LogP contribution >= 0.6 is 0 Å². The monoisotopic (exact) mass is 286 g/mol. The van der Waals surface area contributed by atoms with Crippen molar-refractivity contribution in [2.75, 3.05) is 14.2 Å². The van der Waals surface area contributed by atoms with Crippen LogP contribution in [0.15, 0.2) is 6.07 Å². The maximum absolute atomic E-state index is 14.4. The highest BCUT2D eigenvalue weighted by molar-refractivity contribution is 5.82. The molecule has 0 unspecified atom stereocenters. The molecule has 1 aliphatic carbocycles. The Labute approximate surface area is 115 Å². The minimum absolute atomic E-state index is 0.201. The number of carboxylic acid groups (broad SMARTS) is 1. The second-order valence-corrected chi connectivity index (χ2v) is 4.88. The van der Waals surface area contributed by atoms with Crippen LogP contribution in [0.2, 0.25) is 0 Å². The van der Waals surface area contributed by atoms with Crippen molar-refractivity contribution in [1.29, 1.82) is 0 Å². The summed E-state index contributed by atoms with van der Waals surface area (Å²) in [5, 5.41) is 9.48. The Kier molecular flexibility index (Phi) is 3.83. The number of carbonyl (C=O) groups is 1. The topological polar surface area (TPSA) is 55.8 Å². The lowest BCUT2D eigenvalue weighted by molar-refractivity contribution is -0.143. The van der Waals surface area contributed by atoms with Gasteiger partial charge in [-0.25, -0.2) is 8.78 Å². The van der Waals surface area contributed by atoms with Crippen molar-refractivity contribution in [3.8, 4) is 11.5 Å². The van der Waals surface area contributed by atoms with Crippen LogP contribution in [0.25, 0.3) is 0 Å². The van der Waals surface area contributed by atoms with E-state index in [-0.39, 0.29) is 24.3 Å². The van der Waals surface area contributed by atoms with Crippen molar-refractivity contribution in [3.63, 3.8) is 0 Å². The number of rotatable bonds is 4. The second kappa shape index (κ2) is 5.26. The maximum Gasteiger partial charge on any atom is 0.314 e. The third-order valence-electron chi connectivity index (χ3n) is 3.92. The largest absolute Gasteiger partial charge is 0.494 e. The molecule has 2 rings (SSSR count). The van der Waals surface area contributed by atoms with Crippen LogP contribution in [0.1, 0.15) is 31.2 Å². The van der Waals surface area contributed by atoms with E-state index in [9.17, 15) is 18.7 Å². The molecule has 1 saturated carbocycles. The summed E-state index contributed by atoms with van der Waals surface area (Å²) in [4.78, 5) is 11.6. The Bertz CT molecular complexity index is 508. The van der Waals surface area contributed by atoms with Crippen molar-refractivity contribution in [2.45, 2.75) is 31.1 Å². The third-order valence-corrected chi connectivity index (χ3v) is 3.92. The zero-order chi connectivity index (χ0) is 14.9. The molecule has 1 aromatic carbocycles. The predicted molar refractivity (Wildman–Crippen MR) is 67.2 cm³/mol. The molecule has 20 heavy (non-hydrogen) atoms. The van der Waals surface area contributed by atoms with Crippen molar-refractivity contribution >= 4 is 5.97 Å². The minimum atomic E-state index is -1.55. The van der Waals surface area contributed by atoms with Gasteiger partial charge in [-0.15, -0.1) is 0 Å². The first-order valence-electron chi connectivity index (χ1n) is 6.31. The smallest absolute Gasteiger partial charge is 0.314 e. The molecule has 0 saturated heterocycles. The number of carboxylic acids is 1. The highest BCUT2D eigenvalue weighted by Crippen LogP contribution is 2.47. The molecule has 0 amide bonds. The molecule has 1 aliphatic rings. The highest BCUT2D eigenvalue weighted by atomic mass is 19.1. The Morgan fingerprint density at radius 2 is 1.60 bits per heavy atom. The summed E-state index contributed by atoms with van der Waals surface area (Å²) >= 11 is 0. The molecule has 110 valence electrons. The van der Waals surface area contributed by atoms with Gasteiger partial charge in [-0.2, -0.15) is 0 Å². The second-order valence-electron chi connectivity index (χ2n) is 4.88.